The lowest BCUT2D eigenvalue weighted by Crippen LogP contribution is -2.11. The molecule has 0 aliphatic rings. The van der Waals surface area contributed by atoms with E-state index in [0.29, 0.717) is 0 Å². The Kier molecular flexibility index (Phi) is 4.03. The minimum Gasteiger partial charge on any atom is -0.480 e. The zero-order valence-corrected chi connectivity index (χ0v) is 9.91. The molecular formula is C11H15NO2S. The second-order valence-electron chi connectivity index (χ2n) is 3.49. The van der Waals surface area contributed by atoms with Crippen LogP contribution in [0.15, 0.2) is 29.2 Å². The van der Waals surface area contributed by atoms with Gasteiger partial charge in [-0.25, -0.2) is 0 Å². The van der Waals surface area contributed by atoms with Crippen molar-refractivity contribution in [2.75, 3.05) is 19.0 Å². The highest BCUT2D eigenvalue weighted by Crippen LogP contribution is 2.25. The number of carboxylic acid groups (broad SMARTS) is 1. The van der Waals surface area contributed by atoms with Crippen LogP contribution >= 0.6 is 11.8 Å². The fraction of sp³-hybridized carbons (Fsp3) is 0.364. The Balaban J connectivity index is 2.68. The maximum atomic E-state index is 10.6. The first kappa shape index (κ1) is 11.9. The zero-order valence-electron chi connectivity index (χ0n) is 9.10. The molecule has 0 bridgehead atoms. The number of carboxylic acids is 1. The van der Waals surface area contributed by atoms with Crippen molar-refractivity contribution in [3.63, 3.8) is 0 Å². The van der Waals surface area contributed by atoms with Gasteiger partial charge in [0.25, 0.3) is 0 Å². The van der Waals surface area contributed by atoms with E-state index in [1.807, 2.05) is 43.3 Å². The predicted octanol–water partition coefficient (Wildman–Crippen LogP) is 2.32. The van der Waals surface area contributed by atoms with Crippen LogP contribution < -0.4 is 4.90 Å². The van der Waals surface area contributed by atoms with Gasteiger partial charge in [0.15, 0.2) is 0 Å². The van der Waals surface area contributed by atoms with Crippen LogP contribution in [-0.4, -0.2) is 30.4 Å². The molecule has 0 saturated heterocycles. The van der Waals surface area contributed by atoms with Gasteiger partial charge in [0, 0.05) is 24.7 Å². The maximum absolute atomic E-state index is 10.6. The summed E-state index contributed by atoms with van der Waals surface area (Å²) in [5, 5.41) is 8.35. The fourth-order valence-corrected chi connectivity index (χ4v) is 1.88. The highest BCUT2D eigenvalue weighted by molar-refractivity contribution is 8.00. The molecule has 0 saturated carbocycles. The van der Waals surface area contributed by atoms with E-state index in [9.17, 15) is 4.79 Å². The number of benzene rings is 1. The molecule has 0 aliphatic carbocycles. The lowest BCUT2D eigenvalue weighted by Gasteiger charge is -2.13. The number of nitrogens with zero attached hydrogens (tertiary/aromatic N) is 1. The largest absolute Gasteiger partial charge is 0.480 e. The van der Waals surface area contributed by atoms with Gasteiger partial charge >= 0.3 is 5.97 Å². The Morgan fingerprint density at radius 1 is 1.33 bits per heavy atom. The molecule has 3 nitrogen and oxygen atoms in total. The van der Waals surface area contributed by atoms with Crippen molar-refractivity contribution in [1.82, 2.24) is 0 Å². The van der Waals surface area contributed by atoms with E-state index in [1.54, 1.807) is 6.92 Å². The van der Waals surface area contributed by atoms with Gasteiger partial charge in [-0.15, -0.1) is 11.8 Å². The Bertz CT molecular complexity index is 335. The lowest BCUT2D eigenvalue weighted by atomic mass is 10.3. The maximum Gasteiger partial charge on any atom is 0.316 e. The number of hydrogen-bond acceptors (Lipinski definition) is 3. The summed E-state index contributed by atoms with van der Waals surface area (Å²) < 4.78 is 0. The lowest BCUT2D eigenvalue weighted by molar-refractivity contribution is -0.136. The van der Waals surface area contributed by atoms with E-state index in [1.165, 1.54) is 11.8 Å². The molecule has 0 spiro atoms. The first-order valence-corrected chi connectivity index (χ1v) is 5.55. The molecule has 1 atom stereocenters. The first-order chi connectivity index (χ1) is 7.00. The van der Waals surface area contributed by atoms with E-state index in [4.69, 9.17) is 5.11 Å². The van der Waals surface area contributed by atoms with Crippen molar-refractivity contribution >= 4 is 23.4 Å². The Labute approximate surface area is 94.1 Å². The minimum absolute atomic E-state index is 0.407. The van der Waals surface area contributed by atoms with Crippen LogP contribution in [0.4, 0.5) is 5.69 Å². The van der Waals surface area contributed by atoms with Crippen LogP contribution in [0.1, 0.15) is 6.92 Å². The third-order valence-electron chi connectivity index (χ3n) is 2.01. The zero-order chi connectivity index (χ0) is 11.4. The van der Waals surface area contributed by atoms with E-state index in [-0.39, 0.29) is 0 Å². The first-order valence-electron chi connectivity index (χ1n) is 4.67. The summed E-state index contributed by atoms with van der Waals surface area (Å²) >= 11 is 1.35. The van der Waals surface area contributed by atoms with Gasteiger partial charge in [-0.1, -0.05) is 0 Å². The molecule has 0 heterocycles. The molecule has 0 fully saturated rings. The third-order valence-corrected chi connectivity index (χ3v) is 3.11. The molecular weight excluding hydrogens is 210 g/mol. The molecule has 0 aliphatic heterocycles. The Morgan fingerprint density at radius 3 is 2.27 bits per heavy atom. The summed E-state index contributed by atoms with van der Waals surface area (Å²) in [5.74, 6) is -0.781. The van der Waals surface area contributed by atoms with Crippen molar-refractivity contribution in [3.05, 3.63) is 24.3 Å². The van der Waals surface area contributed by atoms with Gasteiger partial charge < -0.3 is 10.0 Å². The summed E-state index contributed by atoms with van der Waals surface area (Å²) in [6.45, 7) is 1.69. The molecule has 1 rings (SSSR count). The normalized spacial score (nSPS) is 12.2. The van der Waals surface area contributed by atoms with E-state index < -0.39 is 11.2 Å². The van der Waals surface area contributed by atoms with Crippen LogP contribution in [0.3, 0.4) is 0 Å². The van der Waals surface area contributed by atoms with Crippen LogP contribution in [0.2, 0.25) is 0 Å². The highest BCUT2D eigenvalue weighted by Gasteiger charge is 2.11. The van der Waals surface area contributed by atoms with Crippen LogP contribution in [0.5, 0.6) is 0 Å². The monoisotopic (exact) mass is 225 g/mol. The molecule has 1 aromatic rings. The summed E-state index contributed by atoms with van der Waals surface area (Å²) in [5.41, 5.74) is 1.11. The van der Waals surface area contributed by atoms with Gasteiger partial charge in [0.1, 0.15) is 5.25 Å². The standard InChI is InChI=1S/C11H15NO2S/c1-8(11(13)14)15-10-6-4-9(5-7-10)12(2)3/h4-8H,1-3H3,(H,13,14). The van der Waals surface area contributed by atoms with Crippen LogP contribution in [0.25, 0.3) is 0 Å². The van der Waals surface area contributed by atoms with Crippen LogP contribution in [-0.2, 0) is 4.79 Å². The van der Waals surface area contributed by atoms with Gasteiger partial charge in [0.05, 0.1) is 0 Å². The number of rotatable bonds is 4. The second kappa shape index (κ2) is 5.07. The SMILES string of the molecule is CC(Sc1ccc(N(C)C)cc1)C(=O)O. The molecule has 15 heavy (non-hydrogen) atoms. The number of carbonyl (C=O) groups is 1. The molecule has 1 unspecified atom stereocenters. The predicted molar refractivity (Wildman–Crippen MR) is 63.7 cm³/mol. The molecule has 1 aromatic carbocycles. The highest BCUT2D eigenvalue weighted by atomic mass is 32.2. The van der Waals surface area contributed by atoms with Gasteiger partial charge in [0.2, 0.25) is 0 Å². The summed E-state index contributed by atoms with van der Waals surface area (Å²) in [7, 11) is 3.95. The summed E-state index contributed by atoms with van der Waals surface area (Å²) in [6.07, 6.45) is 0. The average molecular weight is 225 g/mol. The van der Waals surface area contributed by atoms with Gasteiger partial charge in [-0.3, -0.25) is 4.79 Å². The third kappa shape index (κ3) is 3.47. The molecule has 4 heteroatoms. The van der Waals surface area contributed by atoms with Crippen molar-refractivity contribution in [2.24, 2.45) is 0 Å². The summed E-state index contributed by atoms with van der Waals surface area (Å²) in [6, 6.07) is 7.85. The molecule has 0 amide bonds. The van der Waals surface area contributed by atoms with Crippen LogP contribution in [0, 0.1) is 0 Å². The van der Waals surface area contributed by atoms with Gasteiger partial charge in [-0.2, -0.15) is 0 Å². The van der Waals surface area contributed by atoms with Crippen molar-refractivity contribution in [3.8, 4) is 0 Å². The van der Waals surface area contributed by atoms with Crippen molar-refractivity contribution in [2.45, 2.75) is 17.1 Å². The Hall–Kier alpha value is -1.16. The number of aliphatic carboxylic acids is 1. The van der Waals surface area contributed by atoms with Crippen molar-refractivity contribution in [1.29, 1.82) is 0 Å². The fourth-order valence-electron chi connectivity index (χ4n) is 1.08. The van der Waals surface area contributed by atoms with Crippen molar-refractivity contribution < 1.29 is 9.90 Å². The average Bonchev–Trinajstić information content (AvgIpc) is 2.18. The smallest absolute Gasteiger partial charge is 0.316 e. The molecule has 82 valence electrons. The van der Waals surface area contributed by atoms with E-state index in [2.05, 4.69) is 0 Å². The number of thioether (sulfide) groups is 1. The number of hydrogen-bond donors (Lipinski definition) is 1. The minimum atomic E-state index is -0.781. The quantitative estimate of drug-likeness (QED) is 0.798. The molecule has 0 aromatic heterocycles. The van der Waals surface area contributed by atoms with E-state index >= 15 is 0 Å². The van der Waals surface area contributed by atoms with E-state index in [0.717, 1.165) is 10.6 Å². The molecule has 0 radical (unpaired) electrons. The Morgan fingerprint density at radius 2 is 1.87 bits per heavy atom. The summed E-state index contributed by atoms with van der Waals surface area (Å²) in [4.78, 5) is 13.6. The van der Waals surface area contributed by atoms with Gasteiger partial charge in [-0.05, 0) is 31.2 Å². The molecule has 1 N–H and O–H groups in total. The topological polar surface area (TPSA) is 40.5 Å². The number of anilines is 1. The second-order valence-corrected chi connectivity index (χ2v) is 4.90.